The van der Waals surface area contributed by atoms with Gasteiger partial charge in [-0.25, -0.2) is 0 Å². The lowest BCUT2D eigenvalue weighted by atomic mass is 9.93. The van der Waals surface area contributed by atoms with Crippen molar-refractivity contribution in [3.8, 4) is 20.9 Å². The topological polar surface area (TPSA) is 17.1 Å². The monoisotopic (exact) mass is 312 g/mol. The number of carbonyl (C=O) groups excluding carboxylic acids is 1. The minimum atomic E-state index is 0.784. The quantitative estimate of drug-likeness (QED) is 0.554. The fraction of sp³-hybridized carbons (Fsp3) is 0.167. The Hall–Kier alpha value is -1.71. The zero-order chi connectivity index (χ0) is 14.8. The summed E-state index contributed by atoms with van der Waals surface area (Å²) >= 11 is 3.34. The molecule has 0 fully saturated rings. The smallest absolute Gasteiger partial charge is 0.160 e. The Balaban J connectivity index is 2.14. The van der Waals surface area contributed by atoms with Gasteiger partial charge in [-0.15, -0.1) is 22.7 Å². The Morgan fingerprint density at radius 2 is 1.86 bits per heavy atom. The molecule has 3 heteroatoms. The molecule has 0 unspecified atom stereocenters. The molecular formula is C18H16OS2. The summed E-state index contributed by atoms with van der Waals surface area (Å²) in [6, 6.07) is 12.6. The largest absolute Gasteiger partial charge is 0.297 e. The van der Waals surface area contributed by atoms with Crippen LogP contribution in [-0.2, 0) is 6.42 Å². The predicted octanol–water partition coefficient (Wildman–Crippen LogP) is 5.83. The maximum absolute atomic E-state index is 10.9. The third kappa shape index (κ3) is 2.59. The van der Waals surface area contributed by atoms with E-state index >= 15 is 0 Å². The molecule has 0 saturated heterocycles. The second-order valence-electron chi connectivity index (χ2n) is 4.91. The van der Waals surface area contributed by atoms with Crippen LogP contribution in [0.1, 0.15) is 27.7 Å². The van der Waals surface area contributed by atoms with Crippen molar-refractivity contribution in [2.45, 2.75) is 20.3 Å². The minimum Gasteiger partial charge on any atom is -0.297 e. The highest BCUT2D eigenvalue weighted by molar-refractivity contribution is 7.17. The van der Waals surface area contributed by atoms with Crippen LogP contribution < -0.4 is 0 Å². The van der Waals surface area contributed by atoms with E-state index in [9.17, 15) is 4.79 Å². The molecule has 0 amide bonds. The normalized spacial score (nSPS) is 10.8. The van der Waals surface area contributed by atoms with E-state index in [-0.39, 0.29) is 0 Å². The summed E-state index contributed by atoms with van der Waals surface area (Å²) in [6.45, 7) is 4.39. The van der Waals surface area contributed by atoms with Crippen LogP contribution in [-0.4, -0.2) is 6.29 Å². The van der Waals surface area contributed by atoms with Crippen LogP contribution in [0.2, 0.25) is 0 Å². The highest BCUT2D eigenvalue weighted by Gasteiger charge is 2.13. The molecule has 0 aliphatic rings. The van der Waals surface area contributed by atoms with E-state index in [1.165, 1.54) is 32.0 Å². The van der Waals surface area contributed by atoms with Gasteiger partial charge in [-0.1, -0.05) is 25.1 Å². The van der Waals surface area contributed by atoms with E-state index in [2.05, 4.69) is 43.5 Å². The summed E-state index contributed by atoms with van der Waals surface area (Å²) in [6.07, 6.45) is 1.92. The second kappa shape index (κ2) is 5.96. The lowest BCUT2D eigenvalue weighted by molar-refractivity contribution is 0.112. The number of aldehydes is 1. The number of rotatable bonds is 4. The fourth-order valence-corrected chi connectivity index (χ4v) is 4.39. The van der Waals surface area contributed by atoms with E-state index in [0.717, 1.165) is 17.6 Å². The van der Waals surface area contributed by atoms with Crippen molar-refractivity contribution in [3.05, 3.63) is 57.8 Å². The van der Waals surface area contributed by atoms with Crippen LogP contribution in [0.5, 0.6) is 0 Å². The van der Waals surface area contributed by atoms with Crippen LogP contribution >= 0.6 is 22.7 Å². The highest BCUT2D eigenvalue weighted by Crippen LogP contribution is 2.37. The molecule has 0 spiro atoms. The number of hydrogen-bond donors (Lipinski definition) is 0. The van der Waals surface area contributed by atoms with Gasteiger partial charge in [0.05, 0.1) is 4.88 Å². The predicted molar refractivity (Wildman–Crippen MR) is 92.6 cm³/mol. The van der Waals surface area contributed by atoms with Gasteiger partial charge in [0.25, 0.3) is 0 Å². The number of carbonyl (C=O) groups is 1. The van der Waals surface area contributed by atoms with Crippen molar-refractivity contribution < 1.29 is 4.79 Å². The minimum absolute atomic E-state index is 0.784. The molecule has 106 valence electrons. The first-order valence-corrected chi connectivity index (χ1v) is 8.66. The van der Waals surface area contributed by atoms with Gasteiger partial charge in [0.2, 0.25) is 0 Å². The molecule has 0 saturated carbocycles. The summed E-state index contributed by atoms with van der Waals surface area (Å²) < 4.78 is 0. The molecule has 0 aliphatic carbocycles. The summed E-state index contributed by atoms with van der Waals surface area (Å²) in [7, 11) is 0. The molecule has 1 nitrogen and oxygen atoms in total. The third-order valence-electron chi connectivity index (χ3n) is 3.75. The first-order chi connectivity index (χ1) is 10.2. The first-order valence-electron chi connectivity index (χ1n) is 6.96. The molecule has 0 radical (unpaired) electrons. The van der Waals surface area contributed by atoms with Crippen LogP contribution in [0.25, 0.3) is 20.9 Å². The summed E-state index contributed by atoms with van der Waals surface area (Å²) in [5.74, 6) is 0. The molecule has 21 heavy (non-hydrogen) atoms. The molecule has 0 atom stereocenters. The molecule has 2 heterocycles. The summed E-state index contributed by atoms with van der Waals surface area (Å²) in [5.41, 5.74) is 5.30. The van der Waals surface area contributed by atoms with Gasteiger partial charge in [0, 0.05) is 9.75 Å². The summed E-state index contributed by atoms with van der Waals surface area (Å²) in [5, 5.41) is 2.12. The molecular weight excluding hydrogens is 296 g/mol. The first kappa shape index (κ1) is 14.2. The van der Waals surface area contributed by atoms with Crippen molar-refractivity contribution in [3.63, 3.8) is 0 Å². The van der Waals surface area contributed by atoms with Crippen molar-refractivity contribution >= 4 is 29.0 Å². The fourth-order valence-electron chi connectivity index (χ4n) is 2.70. The highest BCUT2D eigenvalue weighted by atomic mass is 32.1. The Bertz CT molecular complexity index is 767. The molecule has 2 aromatic heterocycles. The van der Waals surface area contributed by atoms with Crippen LogP contribution in [0.15, 0.2) is 41.8 Å². The molecule has 0 N–H and O–H groups in total. The zero-order valence-corrected chi connectivity index (χ0v) is 13.7. The molecule has 1 aromatic carbocycles. The molecule has 3 aromatic rings. The average Bonchev–Trinajstić information content (AvgIpc) is 3.18. The van der Waals surface area contributed by atoms with Crippen LogP contribution in [0.4, 0.5) is 0 Å². The molecule has 0 bridgehead atoms. The van der Waals surface area contributed by atoms with E-state index < -0.39 is 0 Å². The van der Waals surface area contributed by atoms with Gasteiger partial charge in [0.1, 0.15) is 0 Å². The summed E-state index contributed by atoms with van der Waals surface area (Å²) in [4.78, 5) is 14.2. The second-order valence-corrected chi connectivity index (χ2v) is 6.98. The zero-order valence-electron chi connectivity index (χ0n) is 12.1. The Morgan fingerprint density at radius 3 is 2.48 bits per heavy atom. The van der Waals surface area contributed by atoms with Gasteiger partial charge >= 0.3 is 0 Å². The van der Waals surface area contributed by atoms with Crippen LogP contribution in [0, 0.1) is 6.92 Å². The van der Waals surface area contributed by atoms with Gasteiger partial charge in [0.15, 0.2) is 6.29 Å². The van der Waals surface area contributed by atoms with E-state index in [1.54, 1.807) is 22.7 Å². The molecule has 0 aliphatic heterocycles. The van der Waals surface area contributed by atoms with Crippen molar-refractivity contribution in [2.24, 2.45) is 0 Å². The lowest BCUT2D eigenvalue weighted by Crippen LogP contribution is -1.93. The third-order valence-corrected chi connectivity index (χ3v) is 5.69. The van der Waals surface area contributed by atoms with E-state index in [4.69, 9.17) is 0 Å². The standard InChI is InChI=1S/C18H16OS2/c1-3-14-12(2)15(17-5-4-10-20-17)7-8-16(14)18-9-6-13(11-19)21-18/h4-11H,3H2,1-2H3. The van der Waals surface area contributed by atoms with E-state index in [1.807, 2.05) is 12.1 Å². The van der Waals surface area contributed by atoms with Crippen LogP contribution in [0.3, 0.4) is 0 Å². The average molecular weight is 312 g/mol. The Morgan fingerprint density at radius 1 is 1.05 bits per heavy atom. The van der Waals surface area contributed by atoms with Gasteiger partial charge in [-0.3, -0.25) is 4.79 Å². The Kier molecular flexibility index (Phi) is 4.04. The van der Waals surface area contributed by atoms with Crippen molar-refractivity contribution in [1.82, 2.24) is 0 Å². The van der Waals surface area contributed by atoms with Gasteiger partial charge < -0.3 is 0 Å². The number of thiophene rings is 2. The van der Waals surface area contributed by atoms with Gasteiger partial charge in [-0.2, -0.15) is 0 Å². The number of hydrogen-bond acceptors (Lipinski definition) is 3. The lowest BCUT2D eigenvalue weighted by Gasteiger charge is -2.14. The van der Waals surface area contributed by atoms with Crippen molar-refractivity contribution in [2.75, 3.05) is 0 Å². The SMILES string of the molecule is CCc1c(-c2ccc(C=O)s2)ccc(-c2cccs2)c1C. The molecule has 3 rings (SSSR count). The van der Waals surface area contributed by atoms with Crippen molar-refractivity contribution in [1.29, 1.82) is 0 Å². The van der Waals surface area contributed by atoms with Gasteiger partial charge in [-0.05, 0) is 59.2 Å². The number of benzene rings is 1. The maximum atomic E-state index is 10.9. The van der Waals surface area contributed by atoms with E-state index in [0.29, 0.717) is 0 Å². The Labute approximate surface area is 132 Å². The maximum Gasteiger partial charge on any atom is 0.160 e.